The zero-order chi connectivity index (χ0) is 14.4. The van der Waals surface area contributed by atoms with E-state index in [2.05, 4.69) is 40.3 Å². The topological polar surface area (TPSA) is 21.3 Å². The first kappa shape index (κ1) is 15.8. The number of ether oxygens (including phenoxy) is 1. The average Bonchev–Trinajstić information content (AvgIpc) is 2.96. The maximum absolute atomic E-state index is 5.27. The Labute approximate surface area is 131 Å². The van der Waals surface area contributed by atoms with Crippen LogP contribution in [0.5, 0.6) is 5.75 Å². The molecule has 1 aromatic rings. The molecule has 2 nitrogen and oxygen atoms in total. The molecule has 0 heterocycles. The molecule has 112 valence electrons. The van der Waals surface area contributed by atoms with E-state index in [-0.39, 0.29) is 0 Å². The van der Waals surface area contributed by atoms with Crippen molar-refractivity contribution in [3.8, 4) is 5.75 Å². The van der Waals surface area contributed by atoms with E-state index in [1.807, 2.05) is 6.07 Å². The number of halogens is 1. The molecule has 1 aliphatic carbocycles. The van der Waals surface area contributed by atoms with Crippen LogP contribution in [0.15, 0.2) is 22.7 Å². The fraction of sp³-hybridized carbons (Fsp3) is 0.647. The third-order valence-electron chi connectivity index (χ3n) is 4.39. The molecule has 1 atom stereocenters. The second kappa shape index (κ2) is 8.04. The van der Waals surface area contributed by atoms with E-state index in [1.165, 1.54) is 44.1 Å². The Morgan fingerprint density at radius 3 is 2.75 bits per heavy atom. The van der Waals surface area contributed by atoms with Gasteiger partial charge in [-0.2, -0.15) is 0 Å². The lowest BCUT2D eigenvalue weighted by molar-refractivity contribution is 0.411. The molecule has 0 aromatic heterocycles. The number of benzene rings is 1. The quantitative estimate of drug-likeness (QED) is 0.699. The van der Waals surface area contributed by atoms with Gasteiger partial charge in [0.05, 0.1) is 11.6 Å². The molecule has 20 heavy (non-hydrogen) atoms. The van der Waals surface area contributed by atoms with Crippen LogP contribution in [0.4, 0.5) is 0 Å². The summed E-state index contributed by atoms with van der Waals surface area (Å²) in [6.45, 7) is 3.34. The Bertz CT molecular complexity index is 415. The van der Waals surface area contributed by atoms with Gasteiger partial charge < -0.3 is 10.1 Å². The highest BCUT2D eigenvalue weighted by Gasteiger charge is 2.14. The molecule has 1 aliphatic rings. The first-order valence-electron chi connectivity index (χ1n) is 7.77. The average molecular weight is 340 g/mol. The molecule has 0 amide bonds. The summed E-state index contributed by atoms with van der Waals surface area (Å²) in [7, 11) is 1.70. The second-order valence-corrected chi connectivity index (χ2v) is 6.72. The van der Waals surface area contributed by atoms with E-state index >= 15 is 0 Å². The van der Waals surface area contributed by atoms with Crippen molar-refractivity contribution in [2.45, 2.75) is 51.5 Å². The van der Waals surface area contributed by atoms with Crippen molar-refractivity contribution in [2.75, 3.05) is 13.7 Å². The van der Waals surface area contributed by atoms with Crippen LogP contribution in [0, 0.1) is 5.92 Å². The van der Waals surface area contributed by atoms with Crippen LogP contribution in [0.2, 0.25) is 0 Å². The Morgan fingerprint density at radius 2 is 2.10 bits per heavy atom. The van der Waals surface area contributed by atoms with Gasteiger partial charge in [-0.25, -0.2) is 0 Å². The number of hydrogen-bond donors (Lipinski definition) is 1. The normalized spacial score (nSPS) is 17.4. The van der Waals surface area contributed by atoms with E-state index in [9.17, 15) is 0 Å². The predicted molar refractivity (Wildman–Crippen MR) is 88.3 cm³/mol. The zero-order valence-electron chi connectivity index (χ0n) is 12.6. The Balaban J connectivity index is 1.73. The van der Waals surface area contributed by atoms with E-state index < -0.39 is 0 Å². The molecule has 1 aromatic carbocycles. The van der Waals surface area contributed by atoms with Gasteiger partial charge in [-0.1, -0.05) is 31.7 Å². The third kappa shape index (κ3) is 4.49. The SMILES string of the molecule is COc1ccc(C(C)NCCCC2CCCC2)cc1Br. The number of nitrogens with one attached hydrogen (secondary N) is 1. The number of methoxy groups -OCH3 is 1. The van der Waals surface area contributed by atoms with Crippen molar-refractivity contribution in [1.82, 2.24) is 5.32 Å². The van der Waals surface area contributed by atoms with Gasteiger partial charge in [-0.05, 0) is 65.9 Å². The fourth-order valence-corrected chi connectivity index (χ4v) is 3.64. The molecule has 3 heteroatoms. The standard InChI is InChI=1S/C17H26BrNO/c1-13(15-9-10-17(20-2)16(18)12-15)19-11-5-8-14-6-3-4-7-14/h9-10,12-14,19H,3-8,11H2,1-2H3. The van der Waals surface area contributed by atoms with Gasteiger partial charge in [-0.15, -0.1) is 0 Å². The van der Waals surface area contributed by atoms with Crippen LogP contribution < -0.4 is 10.1 Å². The molecular formula is C17H26BrNO. The van der Waals surface area contributed by atoms with Gasteiger partial charge in [0, 0.05) is 6.04 Å². The smallest absolute Gasteiger partial charge is 0.133 e. The summed E-state index contributed by atoms with van der Waals surface area (Å²) < 4.78 is 6.29. The van der Waals surface area contributed by atoms with Gasteiger partial charge in [0.25, 0.3) is 0 Å². The third-order valence-corrected chi connectivity index (χ3v) is 5.01. The summed E-state index contributed by atoms with van der Waals surface area (Å²) in [4.78, 5) is 0. The van der Waals surface area contributed by atoms with Gasteiger partial charge in [0.15, 0.2) is 0 Å². The second-order valence-electron chi connectivity index (χ2n) is 5.86. The molecule has 1 fully saturated rings. The minimum Gasteiger partial charge on any atom is -0.496 e. The van der Waals surface area contributed by atoms with Crippen LogP contribution in [0.3, 0.4) is 0 Å². The largest absolute Gasteiger partial charge is 0.496 e. The molecule has 0 spiro atoms. The van der Waals surface area contributed by atoms with Crippen molar-refractivity contribution >= 4 is 15.9 Å². The minimum atomic E-state index is 0.390. The predicted octanol–water partition coefficient (Wildman–Crippen LogP) is 5.08. The number of hydrogen-bond acceptors (Lipinski definition) is 2. The Kier molecular flexibility index (Phi) is 6.37. The van der Waals surface area contributed by atoms with Crippen molar-refractivity contribution in [3.05, 3.63) is 28.2 Å². The molecule has 0 bridgehead atoms. The number of rotatable bonds is 7. The lowest BCUT2D eigenvalue weighted by Gasteiger charge is -2.16. The molecule has 0 saturated heterocycles. The summed E-state index contributed by atoms with van der Waals surface area (Å²) in [6.07, 6.45) is 8.52. The van der Waals surface area contributed by atoms with E-state index in [1.54, 1.807) is 7.11 Å². The molecule has 1 N–H and O–H groups in total. The maximum Gasteiger partial charge on any atom is 0.133 e. The minimum absolute atomic E-state index is 0.390. The Hall–Kier alpha value is -0.540. The lowest BCUT2D eigenvalue weighted by Crippen LogP contribution is -2.20. The van der Waals surface area contributed by atoms with Gasteiger partial charge in [-0.3, -0.25) is 0 Å². The molecule has 1 unspecified atom stereocenters. The molecule has 2 rings (SSSR count). The van der Waals surface area contributed by atoms with Crippen molar-refractivity contribution in [2.24, 2.45) is 5.92 Å². The molecule has 0 radical (unpaired) electrons. The van der Waals surface area contributed by atoms with Gasteiger partial charge >= 0.3 is 0 Å². The van der Waals surface area contributed by atoms with Crippen LogP contribution in [0.1, 0.15) is 57.1 Å². The Morgan fingerprint density at radius 1 is 1.35 bits per heavy atom. The molecule has 0 aliphatic heterocycles. The van der Waals surface area contributed by atoms with Gasteiger partial charge in [0.1, 0.15) is 5.75 Å². The van der Waals surface area contributed by atoms with E-state index in [0.29, 0.717) is 6.04 Å². The van der Waals surface area contributed by atoms with Gasteiger partial charge in [0.2, 0.25) is 0 Å². The van der Waals surface area contributed by atoms with Crippen molar-refractivity contribution in [1.29, 1.82) is 0 Å². The highest BCUT2D eigenvalue weighted by Crippen LogP contribution is 2.29. The lowest BCUT2D eigenvalue weighted by atomic mass is 10.0. The summed E-state index contributed by atoms with van der Waals surface area (Å²) >= 11 is 3.55. The van der Waals surface area contributed by atoms with Crippen molar-refractivity contribution in [3.63, 3.8) is 0 Å². The first-order chi connectivity index (χ1) is 9.70. The van der Waals surface area contributed by atoms with Crippen LogP contribution in [0.25, 0.3) is 0 Å². The highest BCUT2D eigenvalue weighted by molar-refractivity contribution is 9.10. The molecule has 1 saturated carbocycles. The summed E-state index contributed by atoms with van der Waals surface area (Å²) in [6, 6.07) is 6.70. The van der Waals surface area contributed by atoms with Crippen LogP contribution in [-0.4, -0.2) is 13.7 Å². The van der Waals surface area contributed by atoms with E-state index in [4.69, 9.17) is 4.74 Å². The van der Waals surface area contributed by atoms with Crippen molar-refractivity contribution < 1.29 is 4.74 Å². The molecular weight excluding hydrogens is 314 g/mol. The summed E-state index contributed by atoms with van der Waals surface area (Å²) in [5.41, 5.74) is 1.30. The van der Waals surface area contributed by atoms with Crippen LogP contribution >= 0.6 is 15.9 Å². The summed E-state index contributed by atoms with van der Waals surface area (Å²) in [5, 5.41) is 3.63. The monoisotopic (exact) mass is 339 g/mol. The maximum atomic E-state index is 5.27. The zero-order valence-corrected chi connectivity index (χ0v) is 14.2. The first-order valence-corrected chi connectivity index (χ1v) is 8.57. The summed E-state index contributed by atoms with van der Waals surface area (Å²) in [5.74, 6) is 1.89. The highest BCUT2D eigenvalue weighted by atomic mass is 79.9. The fourth-order valence-electron chi connectivity index (χ4n) is 3.08. The van der Waals surface area contributed by atoms with Crippen LogP contribution in [-0.2, 0) is 0 Å². The van der Waals surface area contributed by atoms with E-state index in [0.717, 1.165) is 22.7 Å².